The number of benzene rings is 1. The minimum Gasteiger partial charge on any atom is -0.480 e. The molecule has 3 aromatic heterocycles. The molecule has 1 aromatic carbocycles. The molecule has 1 aliphatic rings. The number of nitrogens with zero attached hydrogens (tertiary/aromatic N) is 5. The van der Waals surface area contributed by atoms with Crippen molar-refractivity contribution in [3.8, 4) is 23.1 Å². The van der Waals surface area contributed by atoms with Crippen LogP contribution in [0.3, 0.4) is 0 Å². The molecule has 1 fully saturated rings. The highest BCUT2D eigenvalue weighted by atomic mass is 19.4. The van der Waals surface area contributed by atoms with Gasteiger partial charge >= 0.3 is 12.2 Å². The second-order valence-electron chi connectivity index (χ2n) is 7.65. The Hall–Kier alpha value is -3.76. The average molecular weight is 459 g/mol. The summed E-state index contributed by atoms with van der Waals surface area (Å²) in [6.07, 6.45) is -1.15. The van der Waals surface area contributed by atoms with Crippen LogP contribution < -0.4 is 9.47 Å². The van der Waals surface area contributed by atoms with Crippen LogP contribution in [0.4, 0.5) is 17.6 Å². The zero-order chi connectivity index (χ0) is 23.3. The van der Waals surface area contributed by atoms with Crippen molar-refractivity contribution in [3.63, 3.8) is 0 Å². The van der Waals surface area contributed by atoms with Gasteiger partial charge in [-0.3, -0.25) is 0 Å². The number of alkyl halides is 3. The summed E-state index contributed by atoms with van der Waals surface area (Å²) in [4.78, 5) is 12.4. The Morgan fingerprint density at radius 1 is 1.00 bits per heavy atom. The van der Waals surface area contributed by atoms with Gasteiger partial charge in [0.1, 0.15) is 0 Å². The van der Waals surface area contributed by atoms with Crippen molar-refractivity contribution in [1.82, 2.24) is 24.6 Å². The topological polar surface area (TPSA) is 74.4 Å². The van der Waals surface area contributed by atoms with E-state index in [0.717, 1.165) is 34.0 Å². The minimum absolute atomic E-state index is 0.0138. The number of aromatic nitrogens is 5. The number of fused-ring (bicyclic) bond motifs is 1. The van der Waals surface area contributed by atoms with Gasteiger partial charge in [0.25, 0.3) is 0 Å². The maximum atomic E-state index is 14.4. The van der Waals surface area contributed by atoms with Gasteiger partial charge in [0.2, 0.25) is 11.8 Å². The van der Waals surface area contributed by atoms with Crippen LogP contribution in [0.2, 0.25) is 0 Å². The Bertz CT molecular complexity index is 1340. The van der Waals surface area contributed by atoms with Gasteiger partial charge in [-0.2, -0.15) is 32.2 Å². The van der Waals surface area contributed by atoms with E-state index in [4.69, 9.17) is 9.47 Å². The van der Waals surface area contributed by atoms with Crippen LogP contribution in [0, 0.1) is 5.95 Å². The number of hydrogen-bond donors (Lipinski definition) is 0. The summed E-state index contributed by atoms with van der Waals surface area (Å²) in [7, 11) is 2.86. The molecule has 0 spiro atoms. The van der Waals surface area contributed by atoms with Gasteiger partial charge in [-0.15, -0.1) is 0 Å². The summed E-state index contributed by atoms with van der Waals surface area (Å²) >= 11 is 0. The molecule has 0 N–H and O–H groups in total. The second-order valence-corrected chi connectivity index (χ2v) is 7.65. The highest BCUT2D eigenvalue weighted by Crippen LogP contribution is 2.56. The fourth-order valence-corrected chi connectivity index (χ4v) is 3.98. The summed E-state index contributed by atoms with van der Waals surface area (Å²) < 4.78 is 64.5. The summed E-state index contributed by atoms with van der Waals surface area (Å²) in [6.45, 7) is 0. The zero-order valence-electron chi connectivity index (χ0n) is 17.5. The van der Waals surface area contributed by atoms with Crippen LogP contribution in [-0.2, 0) is 6.18 Å². The van der Waals surface area contributed by atoms with E-state index in [1.165, 1.54) is 32.5 Å². The van der Waals surface area contributed by atoms with Crippen molar-refractivity contribution in [3.05, 3.63) is 65.4 Å². The molecule has 1 aliphatic carbocycles. The molecule has 11 heteroatoms. The lowest BCUT2D eigenvalue weighted by atomic mass is 10.0. The number of hydrogen-bond acceptors (Lipinski definition) is 6. The molecule has 0 radical (unpaired) electrons. The van der Waals surface area contributed by atoms with E-state index >= 15 is 0 Å². The van der Waals surface area contributed by atoms with Crippen LogP contribution in [0.1, 0.15) is 34.9 Å². The van der Waals surface area contributed by atoms with Crippen molar-refractivity contribution in [2.45, 2.75) is 24.4 Å². The second kappa shape index (κ2) is 7.68. The molecule has 2 atom stereocenters. The van der Waals surface area contributed by atoms with E-state index in [9.17, 15) is 17.6 Å². The fraction of sp³-hybridized carbons (Fsp3) is 0.273. The molecule has 2 unspecified atom stereocenters. The largest absolute Gasteiger partial charge is 0.480 e. The van der Waals surface area contributed by atoms with Crippen molar-refractivity contribution in [2.24, 2.45) is 0 Å². The van der Waals surface area contributed by atoms with Gasteiger partial charge in [0, 0.05) is 11.8 Å². The Balaban J connectivity index is 1.55. The number of ether oxygens (including phenoxy) is 2. The van der Waals surface area contributed by atoms with Gasteiger partial charge in [0.15, 0.2) is 5.65 Å². The monoisotopic (exact) mass is 459 g/mol. The Morgan fingerprint density at radius 2 is 1.76 bits per heavy atom. The lowest BCUT2D eigenvalue weighted by Gasteiger charge is -2.11. The van der Waals surface area contributed by atoms with E-state index in [-0.39, 0.29) is 23.7 Å². The van der Waals surface area contributed by atoms with Crippen molar-refractivity contribution in [1.29, 1.82) is 0 Å². The average Bonchev–Trinajstić information content (AvgIpc) is 3.53. The summed E-state index contributed by atoms with van der Waals surface area (Å²) in [5.41, 5.74) is 1.96. The van der Waals surface area contributed by atoms with Gasteiger partial charge in [-0.1, -0.05) is 12.1 Å². The smallest absolute Gasteiger partial charge is 0.416 e. The Morgan fingerprint density at radius 3 is 2.42 bits per heavy atom. The maximum Gasteiger partial charge on any atom is 0.416 e. The first-order chi connectivity index (χ1) is 15.8. The number of halogens is 4. The van der Waals surface area contributed by atoms with Crippen LogP contribution in [0.15, 0.2) is 42.7 Å². The number of methoxy groups -OCH3 is 2. The van der Waals surface area contributed by atoms with E-state index in [2.05, 4.69) is 20.1 Å². The SMILES string of the molecule is COc1ncc(-c2cc(C3CC3c3ccc(C(F)(F)F)cc3)c3ncc(F)n3n2)c(OC)n1. The lowest BCUT2D eigenvalue weighted by molar-refractivity contribution is -0.137. The Labute approximate surface area is 185 Å². The molecular formula is C22H17F4N5O2. The van der Waals surface area contributed by atoms with Gasteiger partial charge in [-0.25, -0.2) is 9.97 Å². The molecule has 3 heterocycles. The molecule has 1 saturated carbocycles. The quantitative estimate of drug-likeness (QED) is 0.405. The summed E-state index contributed by atoms with van der Waals surface area (Å²) in [5, 5.41) is 4.33. The van der Waals surface area contributed by atoms with Gasteiger partial charge < -0.3 is 9.47 Å². The van der Waals surface area contributed by atoms with Crippen LogP contribution in [0.25, 0.3) is 16.9 Å². The van der Waals surface area contributed by atoms with Gasteiger partial charge in [0.05, 0.1) is 37.2 Å². The van der Waals surface area contributed by atoms with E-state index in [1.807, 2.05) is 0 Å². The molecule has 170 valence electrons. The van der Waals surface area contributed by atoms with E-state index in [1.54, 1.807) is 6.07 Å². The number of rotatable bonds is 5. The van der Waals surface area contributed by atoms with Crippen molar-refractivity contribution >= 4 is 5.65 Å². The Kier molecular flexibility index (Phi) is 4.91. The van der Waals surface area contributed by atoms with Crippen LogP contribution >= 0.6 is 0 Å². The lowest BCUT2D eigenvalue weighted by Crippen LogP contribution is -2.05. The van der Waals surface area contributed by atoms with Crippen molar-refractivity contribution in [2.75, 3.05) is 14.2 Å². The first-order valence-corrected chi connectivity index (χ1v) is 9.97. The van der Waals surface area contributed by atoms with E-state index in [0.29, 0.717) is 23.3 Å². The normalized spacial score (nSPS) is 17.9. The molecule has 5 rings (SSSR count). The predicted molar refractivity (Wildman–Crippen MR) is 109 cm³/mol. The molecule has 7 nitrogen and oxygen atoms in total. The first-order valence-electron chi connectivity index (χ1n) is 9.97. The third kappa shape index (κ3) is 3.73. The van der Waals surface area contributed by atoms with Crippen LogP contribution in [-0.4, -0.2) is 38.8 Å². The molecule has 4 aromatic rings. The van der Waals surface area contributed by atoms with Gasteiger partial charge in [-0.05, 0) is 42.0 Å². The first kappa shape index (κ1) is 21.1. The maximum absolute atomic E-state index is 14.4. The molecule has 0 aliphatic heterocycles. The minimum atomic E-state index is -4.39. The zero-order valence-corrected chi connectivity index (χ0v) is 17.5. The number of imidazole rings is 1. The third-order valence-electron chi connectivity index (χ3n) is 5.69. The third-order valence-corrected chi connectivity index (χ3v) is 5.69. The molecule has 0 amide bonds. The fourth-order valence-electron chi connectivity index (χ4n) is 3.98. The van der Waals surface area contributed by atoms with Crippen LogP contribution in [0.5, 0.6) is 11.9 Å². The van der Waals surface area contributed by atoms with E-state index < -0.39 is 17.7 Å². The molecule has 33 heavy (non-hydrogen) atoms. The summed E-state index contributed by atoms with van der Waals surface area (Å²) in [6, 6.07) is 7.00. The highest BCUT2D eigenvalue weighted by molar-refractivity contribution is 5.68. The molecule has 0 saturated heterocycles. The molecular weight excluding hydrogens is 442 g/mol. The predicted octanol–water partition coefficient (Wildman–Crippen LogP) is 4.63. The highest BCUT2D eigenvalue weighted by Gasteiger charge is 2.42. The summed E-state index contributed by atoms with van der Waals surface area (Å²) in [5.74, 6) is -0.512. The molecule has 0 bridgehead atoms. The van der Waals surface area contributed by atoms with Crippen molar-refractivity contribution < 1.29 is 27.0 Å². The standard InChI is InChI=1S/C22H17F4N5O2/c1-32-20-16(9-28-21(29-20)33-2)17-8-15(19-27-10-18(23)31(19)30-17)14-7-13(14)11-3-5-12(6-4-11)22(24,25)26/h3-6,8-10,13-14H,7H2,1-2H3.